The van der Waals surface area contributed by atoms with Crippen molar-refractivity contribution in [1.29, 1.82) is 0 Å². The molecule has 0 aromatic carbocycles. The molecular formula is C11H18N2O. The van der Waals surface area contributed by atoms with E-state index in [0.717, 1.165) is 11.7 Å². The first-order valence-corrected chi connectivity index (χ1v) is 5.41. The summed E-state index contributed by atoms with van der Waals surface area (Å²) in [6.07, 6.45) is 5.04. The van der Waals surface area contributed by atoms with Crippen LogP contribution in [-0.2, 0) is 5.41 Å². The molecule has 1 fully saturated rings. The van der Waals surface area contributed by atoms with Crippen LogP contribution in [0.15, 0.2) is 4.52 Å². The summed E-state index contributed by atoms with van der Waals surface area (Å²) in [6, 6.07) is 0. The summed E-state index contributed by atoms with van der Waals surface area (Å²) >= 11 is 0. The lowest BCUT2D eigenvalue weighted by Gasteiger charge is -2.11. The van der Waals surface area contributed by atoms with Gasteiger partial charge in [-0.25, -0.2) is 0 Å². The van der Waals surface area contributed by atoms with Gasteiger partial charge in [0.25, 0.3) is 0 Å². The zero-order chi connectivity index (χ0) is 10.2. The third-order valence-electron chi connectivity index (χ3n) is 2.82. The first kappa shape index (κ1) is 9.69. The molecule has 14 heavy (non-hydrogen) atoms. The molecule has 1 aromatic rings. The molecule has 1 aliphatic rings. The van der Waals surface area contributed by atoms with Crippen molar-refractivity contribution in [2.24, 2.45) is 0 Å². The second-order valence-electron chi connectivity index (χ2n) is 5.19. The van der Waals surface area contributed by atoms with E-state index in [1.54, 1.807) is 0 Å². The van der Waals surface area contributed by atoms with Gasteiger partial charge in [0.1, 0.15) is 0 Å². The quantitative estimate of drug-likeness (QED) is 0.689. The average molecular weight is 194 g/mol. The number of aromatic nitrogens is 2. The van der Waals surface area contributed by atoms with Crippen LogP contribution in [0.5, 0.6) is 0 Å². The lowest BCUT2D eigenvalue weighted by molar-refractivity contribution is 0.343. The molecule has 78 valence electrons. The fourth-order valence-electron chi connectivity index (χ4n) is 1.88. The summed E-state index contributed by atoms with van der Waals surface area (Å²) in [7, 11) is 0. The molecule has 1 saturated carbocycles. The van der Waals surface area contributed by atoms with Crippen molar-refractivity contribution < 1.29 is 4.52 Å². The van der Waals surface area contributed by atoms with Crippen LogP contribution in [0, 0.1) is 0 Å². The topological polar surface area (TPSA) is 38.9 Å². The Kier molecular flexibility index (Phi) is 2.33. The Morgan fingerprint density at radius 2 is 1.86 bits per heavy atom. The van der Waals surface area contributed by atoms with Gasteiger partial charge in [-0.05, 0) is 12.8 Å². The molecule has 0 N–H and O–H groups in total. The number of rotatable bonds is 1. The number of hydrogen-bond donors (Lipinski definition) is 0. The maximum absolute atomic E-state index is 5.31. The van der Waals surface area contributed by atoms with Crippen LogP contribution in [-0.4, -0.2) is 10.1 Å². The summed E-state index contributed by atoms with van der Waals surface area (Å²) in [6.45, 7) is 6.32. The lowest BCUT2D eigenvalue weighted by Crippen LogP contribution is -2.13. The van der Waals surface area contributed by atoms with Crippen molar-refractivity contribution in [3.05, 3.63) is 11.7 Å². The van der Waals surface area contributed by atoms with Gasteiger partial charge in [-0.3, -0.25) is 0 Å². The van der Waals surface area contributed by atoms with E-state index in [-0.39, 0.29) is 5.41 Å². The largest absolute Gasteiger partial charge is 0.339 e. The van der Waals surface area contributed by atoms with E-state index in [9.17, 15) is 0 Å². The molecule has 1 aromatic heterocycles. The third kappa shape index (κ3) is 1.81. The number of nitrogens with zero attached hydrogens (tertiary/aromatic N) is 2. The monoisotopic (exact) mass is 194 g/mol. The Morgan fingerprint density at radius 3 is 2.36 bits per heavy atom. The molecule has 2 rings (SSSR count). The minimum Gasteiger partial charge on any atom is -0.339 e. The standard InChI is InChI=1S/C11H18N2O/c1-11(2,3)10-12-9(14-13-10)8-6-4-5-7-8/h8H,4-7H2,1-3H3. The minimum absolute atomic E-state index is 0.000351. The van der Waals surface area contributed by atoms with Crippen LogP contribution < -0.4 is 0 Å². The van der Waals surface area contributed by atoms with E-state index in [2.05, 4.69) is 30.9 Å². The maximum atomic E-state index is 5.31. The Bertz CT molecular complexity index is 305. The fourth-order valence-corrected chi connectivity index (χ4v) is 1.88. The highest BCUT2D eigenvalue weighted by atomic mass is 16.5. The summed E-state index contributed by atoms with van der Waals surface area (Å²) in [5, 5.41) is 4.05. The normalized spacial score (nSPS) is 19.1. The van der Waals surface area contributed by atoms with Gasteiger partial charge < -0.3 is 4.52 Å². The lowest BCUT2D eigenvalue weighted by atomic mass is 9.96. The smallest absolute Gasteiger partial charge is 0.229 e. The molecule has 0 saturated heterocycles. The van der Waals surface area contributed by atoms with Crippen LogP contribution in [0.4, 0.5) is 0 Å². The molecule has 0 radical (unpaired) electrons. The molecule has 3 heteroatoms. The molecule has 1 heterocycles. The Morgan fingerprint density at radius 1 is 1.21 bits per heavy atom. The van der Waals surface area contributed by atoms with Gasteiger partial charge in [-0.2, -0.15) is 4.98 Å². The van der Waals surface area contributed by atoms with Gasteiger partial charge in [-0.15, -0.1) is 0 Å². The molecule has 0 atom stereocenters. The fraction of sp³-hybridized carbons (Fsp3) is 0.818. The first-order valence-electron chi connectivity index (χ1n) is 5.41. The van der Waals surface area contributed by atoms with E-state index in [1.165, 1.54) is 25.7 Å². The summed E-state index contributed by atoms with van der Waals surface area (Å²) < 4.78 is 5.31. The van der Waals surface area contributed by atoms with Crippen LogP contribution in [0.1, 0.15) is 64.1 Å². The van der Waals surface area contributed by atoms with Gasteiger partial charge in [0, 0.05) is 11.3 Å². The molecule has 0 unspecified atom stereocenters. The van der Waals surface area contributed by atoms with E-state index in [0.29, 0.717) is 5.92 Å². The first-order chi connectivity index (χ1) is 6.57. The van der Waals surface area contributed by atoms with E-state index in [4.69, 9.17) is 4.52 Å². The Balaban J connectivity index is 2.17. The van der Waals surface area contributed by atoms with E-state index >= 15 is 0 Å². The van der Waals surface area contributed by atoms with E-state index < -0.39 is 0 Å². The van der Waals surface area contributed by atoms with Crippen molar-refractivity contribution in [2.45, 2.75) is 57.8 Å². The molecule has 0 spiro atoms. The molecule has 0 bridgehead atoms. The number of hydrogen-bond acceptors (Lipinski definition) is 3. The average Bonchev–Trinajstić information content (AvgIpc) is 2.73. The van der Waals surface area contributed by atoms with Crippen LogP contribution in [0.25, 0.3) is 0 Å². The highest BCUT2D eigenvalue weighted by molar-refractivity contribution is 5.03. The van der Waals surface area contributed by atoms with Crippen molar-refractivity contribution in [3.8, 4) is 0 Å². The van der Waals surface area contributed by atoms with Crippen molar-refractivity contribution >= 4 is 0 Å². The van der Waals surface area contributed by atoms with Gasteiger partial charge in [0.15, 0.2) is 5.82 Å². The molecular weight excluding hydrogens is 176 g/mol. The zero-order valence-corrected chi connectivity index (χ0v) is 9.21. The van der Waals surface area contributed by atoms with Crippen molar-refractivity contribution in [1.82, 2.24) is 10.1 Å². The summed E-state index contributed by atoms with van der Waals surface area (Å²) in [5.41, 5.74) is 0.000351. The van der Waals surface area contributed by atoms with Gasteiger partial charge >= 0.3 is 0 Å². The Hall–Kier alpha value is -0.860. The predicted molar refractivity (Wildman–Crippen MR) is 54.2 cm³/mol. The minimum atomic E-state index is 0.000351. The van der Waals surface area contributed by atoms with Crippen molar-refractivity contribution in [2.75, 3.05) is 0 Å². The van der Waals surface area contributed by atoms with Crippen molar-refractivity contribution in [3.63, 3.8) is 0 Å². The van der Waals surface area contributed by atoms with Gasteiger partial charge in [0.05, 0.1) is 0 Å². The SMILES string of the molecule is CC(C)(C)c1noc(C2CCCC2)n1. The maximum Gasteiger partial charge on any atom is 0.229 e. The summed E-state index contributed by atoms with van der Waals surface area (Å²) in [4.78, 5) is 4.49. The van der Waals surface area contributed by atoms with Crippen LogP contribution >= 0.6 is 0 Å². The summed E-state index contributed by atoms with van der Waals surface area (Å²) in [5.74, 6) is 2.21. The second-order valence-corrected chi connectivity index (χ2v) is 5.19. The predicted octanol–water partition coefficient (Wildman–Crippen LogP) is 3.02. The molecule has 1 aliphatic carbocycles. The molecule has 0 aliphatic heterocycles. The molecule has 0 amide bonds. The van der Waals surface area contributed by atoms with Crippen LogP contribution in [0.2, 0.25) is 0 Å². The highest BCUT2D eigenvalue weighted by Crippen LogP contribution is 2.33. The Labute approximate surface area is 84.9 Å². The van der Waals surface area contributed by atoms with E-state index in [1.807, 2.05) is 0 Å². The highest BCUT2D eigenvalue weighted by Gasteiger charge is 2.26. The second kappa shape index (κ2) is 3.37. The van der Waals surface area contributed by atoms with Gasteiger partial charge in [0.2, 0.25) is 5.89 Å². The van der Waals surface area contributed by atoms with Gasteiger partial charge in [-0.1, -0.05) is 38.8 Å². The molecule has 3 nitrogen and oxygen atoms in total. The van der Waals surface area contributed by atoms with Crippen LogP contribution in [0.3, 0.4) is 0 Å². The zero-order valence-electron chi connectivity index (χ0n) is 9.21. The third-order valence-corrected chi connectivity index (χ3v) is 2.82.